The molecule has 0 saturated heterocycles. The van der Waals surface area contributed by atoms with Gasteiger partial charge in [0.05, 0.1) is 99.1 Å². The summed E-state index contributed by atoms with van der Waals surface area (Å²) < 4.78 is 43.7. The molecule has 0 spiro atoms. The Labute approximate surface area is 219 Å². The second kappa shape index (κ2) is 23.5. The molecule has 0 atom stereocenters. The summed E-state index contributed by atoms with van der Waals surface area (Å²) >= 11 is 0. The molecule has 0 fully saturated rings. The van der Waals surface area contributed by atoms with Crippen LogP contribution in [0.1, 0.15) is 54.4 Å². The van der Waals surface area contributed by atoms with Gasteiger partial charge in [0, 0.05) is 18.4 Å². The number of ether oxygens (including phenoxy) is 8. The SMILES string of the molecule is CC(C)(C)CCOCCOCCOCCOCCOCCOCCOCCOCCC(=O)C(C)(C)C. The molecule has 0 aromatic heterocycles. The fraction of sp³-hybridized carbons (Fsp3) is 0.963. The van der Waals surface area contributed by atoms with Crippen molar-refractivity contribution in [2.24, 2.45) is 10.8 Å². The van der Waals surface area contributed by atoms with Gasteiger partial charge in [-0.1, -0.05) is 41.5 Å². The summed E-state index contributed by atoms with van der Waals surface area (Å²) in [6.07, 6.45) is 1.49. The smallest absolute Gasteiger partial charge is 0.140 e. The van der Waals surface area contributed by atoms with Crippen molar-refractivity contribution in [3.8, 4) is 0 Å². The number of rotatable bonds is 26. The van der Waals surface area contributed by atoms with Gasteiger partial charge in [-0.3, -0.25) is 4.79 Å². The Kier molecular flexibility index (Phi) is 23.0. The molecule has 0 heterocycles. The lowest BCUT2D eigenvalue weighted by Crippen LogP contribution is -2.22. The average molecular weight is 523 g/mol. The summed E-state index contributed by atoms with van der Waals surface area (Å²) in [6, 6.07) is 0. The van der Waals surface area contributed by atoms with E-state index in [1.807, 2.05) is 20.8 Å². The largest absolute Gasteiger partial charge is 0.379 e. The van der Waals surface area contributed by atoms with Crippen molar-refractivity contribution in [3.63, 3.8) is 0 Å². The summed E-state index contributed by atoms with van der Waals surface area (Å²) in [5, 5.41) is 0. The first-order valence-electron chi connectivity index (χ1n) is 13.3. The summed E-state index contributed by atoms with van der Waals surface area (Å²) in [5.41, 5.74) is 0.00249. The molecule has 0 aliphatic heterocycles. The van der Waals surface area contributed by atoms with Crippen molar-refractivity contribution < 1.29 is 42.7 Å². The third kappa shape index (κ3) is 27.9. The van der Waals surface area contributed by atoms with Gasteiger partial charge >= 0.3 is 0 Å². The number of carbonyl (C=O) groups is 1. The van der Waals surface area contributed by atoms with E-state index in [1.165, 1.54) is 0 Å². The maximum Gasteiger partial charge on any atom is 0.140 e. The van der Waals surface area contributed by atoms with Crippen LogP contribution in [-0.2, 0) is 42.7 Å². The Morgan fingerprint density at radius 2 is 0.667 bits per heavy atom. The van der Waals surface area contributed by atoms with Crippen LogP contribution in [0.5, 0.6) is 0 Å². The maximum absolute atomic E-state index is 11.8. The fourth-order valence-corrected chi connectivity index (χ4v) is 2.56. The van der Waals surface area contributed by atoms with E-state index in [4.69, 9.17) is 37.9 Å². The topological polar surface area (TPSA) is 90.9 Å². The van der Waals surface area contributed by atoms with E-state index < -0.39 is 0 Å². The predicted octanol–water partition coefficient (Wildman–Crippen LogP) is 3.56. The number of hydrogen-bond donors (Lipinski definition) is 0. The van der Waals surface area contributed by atoms with Gasteiger partial charge in [0.2, 0.25) is 0 Å². The zero-order valence-corrected chi connectivity index (χ0v) is 23.9. The summed E-state index contributed by atoms with van der Waals surface area (Å²) in [4.78, 5) is 11.8. The molecule has 0 aromatic carbocycles. The Balaban J connectivity index is 3.12. The third-order valence-corrected chi connectivity index (χ3v) is 4.91. The summed E-state index contributed by atoms with van der Waals surface area (Å²) in [7, 11) is 0. The maximum atomic E-state index is 11.8. The van der Waals surface area contributed by atoms with Crippen LogP contribution in [-0.4, -0.2) is 111 Å². The van der Waals surface area contributed by atoms with Crippen molar-refractivity contribution in [2.45, 2.75) is 54.4 Å². The highest BCUT2D eigenvalue weighted by atomic mass is 16.6. The standard InChI is InChI=1S/C27H54O9/c1-26(2,3)8-10-30-12-14-32-16-18-34-20-22-36-24-23-35-21-19-33-17-15-31-13-11-29-9-7-25(28)27(4,5)6/h7-24H2,1-6H3. The lowest BCUT2D eigenvalue weighted by molar-refractivity contribution is -0.127. The normalized spacial score (nSPS) is 12.4. The van der Waals surface area contributed by atoms with E-state index in [9.17, 15) is 4.79 Å². The highest BCUT2D eigenvalue weighted by Crippen LogP contribution is 2.17. The van der Waals surface area contributed by atoms with E-state index in [1.54, 1.807) is 0 Å². The van der Waals surface area contributed by atoms with E-state index in [2.05, 4.69) is 20.8 Å². The molecule has 0 N–H and O–H groups in total. The fourth-order valence-electron chi connectivity index (χ4n) is 2.56. The average Bonchev–Trinajstić information content (AvgIpc) is 2.79. The van der Waals surface area contributed by atoms with Crippen LogP contribution >= 0.6 is 0 Å². The lowest BCUT2D eigenvalue weighted by Gasteiger charge is -2.17. The van der Waals surface area contributed by atoms with Gasteiger partial charge in [0.25, 0.3) is 0 Å². The van der Waals surface area contributed by atoms with Crippen LogP contribution in [0.4, 0.5) is 0 Å². The summed E-state index contributed by atoms with van der Waals surface area (Å²) in [5.74, 6) is 0.209. The lowest BCUT2D eigenvalue weighted by atomic mass is 9.89. The molecule has 0 aromatic rings. The van der Waals surface area contributed by atoms with Crippen molar-refractivity contribution in [1.82, 2.24) is 0 Å². The van der Waals surface area contributed by atoms with Gasteiger partial charge in [-0.15, -0.1) is 0 Å². The Hall–Kier alpha value is -0.650. The number of hydrogen-bond acceptors (Lipinski definition) is 9. The van der Waals surface area contributed by atoms with Crippen LogP contribution in [0.15, 0.2) is 0 Å². The van der Waals surface area contributed by atoms with Crippen molar-refractivity contribution >= 4 is 5.78 Å². The Bertz CT molecular complexity index is 487. The van der Waals surface area contributed by atoms with Crippen LogP contribution in [0, 0.1) is 10.8 Å². The van der Waals surface area contributed by atoms with E-state index in [0.717, 1.165) is 13.0 Å². The molecule has 0 rings (SSSR count). The first-order valence-corrected chi connectivity index (χ1v) is 13.3. The van der Waals surface area contributed by atoms with Gasteiger partial charge in [-0.2, -0.15) is 0 Å². The van der Waals surface area contributed by atoms with E-state index >= 15 is 0 Å². The molecule has 0 amide bonds. The molecule has 9 nitrogen and oxygen atoms in total. The van der Waals surface area contributed by atoms with Crippen LogP contribution < -0.4 is 0 Å². The predicted molar refractivity (Wildman–Crippen MR) is 140 cm³/mol. The quantitative estimate of drug-likeness (QED) is 0.158. The zero-order valence-electron chi connectivity index (χ0n) is 23.9. The first-order chi connectivity index (χ1) is 17.1. The molecule has 9 heteroatoms. The first kappa shape index (κ1) is 35.4. The number of Topliss-reactive ketones (excluding diaryl/α,β-unsaturated/α-hetero) is 1. The highest BCUT2D eigenvalue weighted by Gasteiger charge is 2.20. The Morgan fingerprint density at radius 3 is 0.917 bits per heavy atom. The molecule has 0 radical (unpaired) electrons. The van der Waals surface area contributed by atoms with Crippen LogP contribution in [0.25, 0.3) is 0 Å². The zero-order chi connectivity index (χ0) is 27.0. The molecular formula is C27H54O9. The van der Waals surface area contributed by atoms with Gasteiger partial charge in [-0.25, -0.2) is 0 Å². The van der Waals surface area contributed by atoms with Crippen LogP contribution in [0.3, 0.4) is 0 Å². The molecule has 0 aliphatic carbocycles. The third-order valence-electron chi connectivity index (χ3n) is 4.91. The molecule has 0 unspecified atom stereocenters. The molecule has 36 heavy (non-hydrogen) atoms. The second-order valence-electron chi connectivity index (χ2n) is 10.6. The number of ketones is 1. The van der Waals surface area contributed by atoms with Crippen molar-refractivity contribution in [2.75, 3.05) is 106 Å². The van der Waals surface area contributed by atoms with Gasteiger partial charge in [-0.05, 0) is 11.8 Å². The van der Waals surface area contributed by atoms with Crippen molar-refractivity contribution in [3.05, 3.63) is 0 Å². The monoisotopic (exact) mass is 522 g/mol. The highest BCUT2D eigenvalue weighted by molar-refractivity contribution is 5.83. The van der Waals surface area contributed by atoms with Crippen LogP contribution in [0.2, 0.25) is 0 Å². The van der Waals surface area contributed by atoms with Crippen molar-refractivity contribution in [1.29, 1.82) is 0 Å². The minimum Gasteiger partial charge on any atom is -0.379 e. The molecule has 0 saturated carbocycles. The molecular weight excluding hydrogens is 468 g/mol. The summed E-state index contributed by atoms with van der Waals surface area (Å²) in [6.45, 7) is 21.0. The van der Waals surface area contributed by atoms with E-state index in [-0.39, 0.29) is 11.2 Å². The van der Waals surface area contributed by atoms with Gasteiger partial charge < -0.3 is 37.9 Å². The molecule has 0 aliphatic rings. The number of carbonyl (C=O) groups excluding carboxylic acids is 1. The van der Waals surface area contributed by atoms with E-state index in [0.29, 0.717) is 111 Å². The Morgan fingerprint density at radius 1 is 0.417 bits per heavy atom. The van der Waals surface area contributed by atoms with Gasteiger partial charge in [0.1, 0.15) is 5.78 Å². The molecule has 216 valence electrons. The minimum absolute atomic E-state index is 0.209. The van der Waals surface area contributed by atoms with Gasteiger partial charge in [0.15, 0.2) is 0 Å². The minimum atomic E-state index is -0.305. The second-order valence-corrected chi connectivity index (χ2v) is 10.6. The molecule has 0 bridgehead atoms.